The van der Waals surface area contributed by atoms with E-state index in [1.54, 1.807) is 25.0 Å². The van der Waals surface area contributed by atoms with Crippen LogP contribution in [0.15, 0.2) is 48.1 Å². The maximum absolute atomic E-state index is 4.94. The first-order valence-corrected chi connectivity index (χ1v) is 19.6. The number of ether oxygens (including phenoxy) is 10. The van der Waals surface area contributed by atoms with E-state index in [9.17, 15) is 0 Å². The van der Waals surface area contributed by atoms with E-state index in [4.69, 9.17) is 28.4 Å². The SMILES string of the molecule is C1CCOC1.C1CCOC1.C1CCOC1.C1CCOC1.C1CCOC1.C1CCOC1.CCC1=CO1.CCC1=CO1.CCC1=CO1.CCC1=CO1. The van der Waals surface area contributed by atoms with Gasteiger partial charge in [-0.2, -0.15) is 0 Å². The van der Waals surface area contributed by atoms with Crippen LogP contribution in [-0.4, -0.2) is 79.3 Å². The van der Waals surface area contributed by atoms with Gasteiger partial charge >= 0.3 is 0 Å². The van der Waals surface area contributed by atoms with Gasteiger partial charge in [0.2, 0.25) is 0 Å². The van der Waals surface area contributed by atoms with Gasteiger partial charge in [-0.3, -0.25) is 0 Å². The summed E-state index contributed by atoms with van der Waals surface area (Å²) in [5.41, 5.74) is 0. The second-order valence-corrected chi connectivity index (χ2v) is 12.1. The van der Waals surface area contributed by atoms with E-state index in [0.29, 0.717) is 0 Å². The zero-order chi connectivity index (χ0) is 36.0. The average molecular weight is 713 g/mol. The maximum Gasteiger partial charge on any atom is 0.138 e. The van der Waals surface area contributed by atoms with E-state index in [-0.39, 0.29) is 0 Å². The Morgan fingerprint density at radius 2 is 0.400 bits per heavy atom. The molecule has 0 amide bonds. The fourth-order valence-corrected chi connectivity index (χ4v) is 3.90. The third-order valence-corrected chi connectivity index (χ3v) is 7.50. The Morgan fingerprint density at radius 3 is 0.420 bits per heavy atom. The van der Waals surface area contributed by atoms with Crippen LogP contribution in [0.3, 0.4) is 0 Å². The molecule has 0 spiro atoms. The fourth-order valence-electron chi connectivity index (χ4n) is 3.90. The van der Waals surface area contributed by atoms with Gasteiger partial charge in [-0.15, -0.1) is 0 Å². The molecule has 0 aliphatic carbocycles. The Kier molecular flexibility index (Phi) is 33.7. The second-order valence-electron chi connectivity index (χ2n) is 12.1. The van der Waals surface area contributed by atoms with Gasteiger partial charge in [0.1, 0.15) is 48.1 Å². The Labute approximate surface area is 304 Å². The molecule has 10 aliphatic rings. The fraction of sp³-hybridized carbons (Fsp3) is 0.800. The van der Waals surface area contributed by atoms with Crippen molar-refractivity contribution in [3.8, 4) is 0 Å². The number of hydrogen-bond acceptors (Lipinski definition) is 10. The van der Waals surface area contributed by atoms with Crippen LogP contribution in [0, 0.1) is 0 Å². The van der Waals surface area contributed by atoms with Gasteiger partial charge in [-0.25, -0.2) is 0 Å². The zero-order valence-electron chi connectivity index (χ0n) is 32.2. The molecule has 6 fully saturated rings. The first-order valence-electron chi connectivity index (χ1n) is 19.6. The molecule has 10 heterocycles. The molecule has 10 rings (SSSR count). The predicted molar refractivity (Wildman–Crippen MR) is 198 cm³/mol. The molecule has 10 heteroatoms. The summed E-state index contributed by atoms with van der Waals surface area (Å²) >= 11 is 0. The van der Waals surface area contributed by atoms with Crippen molar-refractivity contribution in [2.45, 2.75) is 130 Å². The van der Waals surface area contributed by atoms with Crippen LogP contribution in [0.25, 0.3) is 0 Å². The average Bonchev–Trinajstić information content (AvgIpc) is 4.06. The van der Waals surface area contributed by atoms with Crippen LogP contribution in [-0.2, 0) is 47.4 Å². The minimum absolute atomic E-state index is 1.00. The smallest absolute Gasteiger partial charge is 0.138 e. The Morgan fingerprint density at radius 1 is 0.280 bits per heavy atom. The van der Waals surface area contributed by atoms with Crippen molar-refractivity contribution in [1.82, 2.24) is 0 Å². The molecule has 0 N–H and O–H groups in total. The van der Waals surface area contributed by atoms with Crippen LogP contribution >= 0.6 is 0 Å². The largest absolute Gasteiger partial charge is 0.463 e. The summed E-state index contributed by atoms with van der Waals surface area (Å²) in [7, 11) is 0. The molecule has 0 saturated carbocycles. The minimum atomic E-state index is 1.00. The summed E-state index contributed by atoms with van der Waals surface area (Å²) in [5, 5.41) is 0. The van der Waals surface area contributed by atoms with Gasteiger partial charge in [0.15, 0.2) is 0 Å². The van der Waals surface area contributed by atoms with E-state index < -0.39 is 0 Å². The first-order chi connectivity index (χ1) is 24.7. The Hall–Kier alpha value is -2.08. The standard InChI is InChI=1S/4C4H6O.6C4H8O/c4*1-2-4-3-5-4;6*1-2-4-5-3-1/h4*3H,2H2,1H3;6*1-4H2. The van der Waals surface area contributed by atoms with Crippen molar-refractivity contribution < 1.29 is 47.4 Å². The first kappa shape index (κ1) is 45.9. The lowest BCUT2D eigenvalue weighted by molar-refractivity contribution is 0.198. The summed E-state index contributed by atoms with van der Waals surface area (Å²) in [6, 6.07) is 0. The summed E-state index contributed by atoms with van der Waals surface area (Å²) in [5.74, 6) is 4.52. The zero-order valence-corrected chi connectivity index (χ0v) is 32.2. The van der Waals surface area contributed by atoms with Gasteiger partial charge in [-0.05, 0) is 77.0 Å². The number of allylic oxidation sites excluding steroid dienone is 4. The van der Waals surface area contributed by atoms with Gasteiger partial charge in [-0.1, -0.05) is 27.7 Å². The molecular formula is C40H72O10. The monoisotopic (exact) mass is 713 g/mol. The van der Waals surface area contributed by atoms with Crippen molar-refractivity contribution in [2.24, 2.45) is 0 Å². The predicted octanol–water partition coefficient (Wildman–Crippen LogP) is 9.85. The van der Waals surface area contributed by atoms with Gasteiger partial charge in [0, 0.05) is 105 Å². The van der Waals surface area contributed by atoms with Gasteiger partial charge in [0.05, 0.1) is 0 Å². The lowest BCUT2D eigenvalue weighted by Gasteiger charge is -1.76. The van der Waals surface area contributed by atoms with Crippen LogP contribution in [0.5, 0.6) is 0 Å². The van der Waals surface area contributed by atoms with Crippen LogP contribution in [0.4, 0.5) is 0 Å². The van der Waals surface area contributed by atoms with Gasteiger partial charge < -0.3 is 47.4 Å². The van der Waals surface area contributed by atoms with Crippen molar-refractivity contribution in [3.05, 3.63) is 48.1 Å². The number of rotatable bonds is 4. The molecule has 0 aromatic heterocycles. The van der Waals surface area contributed by atoms with Crippen molar-refractivity contribution in [1.29, 1.82) is 0 Å². The lowest BCUT2D eigenvalue weighted by Crippen LogP contribution is -1.74. The van der Waals surface area contributed by atoms with E-state index in [1.165, 1.54) is 77.0 Å². The highest BCUT2D eigenvalue weighted by molar-refractivity contribution is 5.01. The van der Waals surface area contributed by atoms with Crippen molar-refractivity contribution >= 4 is 0 Å². The summed E-state index contributed by atoms with van der Waals surface area (Å²) in [4.78, 5) is 0. The van der Waals surface area contributed by atoms with Crippen molar-refractivity contribution in [3.63, 3.8) is 0 Å². The van der Waals surface area contributed by atoms with Crippen molar-refractivity contribution in [2.75, 3.05) is 79.3 Å². The molecule has 0 bridgehead atoms. The molecule has 0 radical (unpaired) electrons. The highest BCUT2D eigenvalue weighted by atomic mass is 16.5. The normalized spacial score (nSPS) is 21.0. The van der Waals surface area contributed by atoms with E-state index >= 15 is 0 Å². The van der Waals surface area contributed by atoms with E-state index in [2.05, 4.69) is 46.6 Å². The Bertz CT molecular complexity index is 643. The molecule has 6 saturated heterocycles. The molecule has 0 atom stereocenters. The quantitative estimate of drug-likeness (QED) is 0.280. The molecule has 50 heavy (non-hydrogen) atoms. The molecule has 0 aromatic rings. The molecule has 10 nitrogen and oxygen atoms in total. The topological polar surface area (TPSA) is 106 Å². The minimum Gasteiger partial charge on any atom is -0.463 e. The summed E-state index contributed by atoms with van der Waals surface area (Å²) < 4.78 is 48.3. The van der Waals surface area contributed by atoms with E-state index in [1.807, 2.05) is 0 Å². The third kappa shape index (κ3) is 40.4. The van der Waals surface area contributed by atoms with Gasteiger partial charge in [0.25, 0.3) is 0 Å². The van der Waals surface area contributed by atoms with Crippen LogP contribution in [0.1, 0.15) is 130 Å². The maximum atomic E-state index is 4.94. The van der Waals surface area contributed by atoms with Crippen LogP contribution < -0.4 is 0 Å². The summed E-state index contributed by atoms with van der Waals surface area (Å²) in [6.07, 6.45) is 26.6. The number of hydrogen-bond donors (Lipinski definition) is 0. The molecular weight excluding hydrogens is 640 g/mol. The van der Waals surface area contributed by atoms with Crippen LogP contribution in [0.2, 0.25) is 0 Å². The highest BCUT2D eigenvalue weighted by Gasteiger charge is 2.04. The highest BCUT2D eigenvalue weighted by Crippen LogP contribution is 2.16. The summed E-state index contributed by atoms with van der Waals surface area (Å²) in [6.45, 7) is 20.3. The van der Waals surface area contributed by atoms with E-state index in [0.717, 1.165) is 128 Å². The third-order valence-electron chi connectivity index (χ3n) is 7.50. The molecule has 0 unspecified atom stereocenters. The molecule has 0 aromatic carbocycles. The Balaban J connectivity index is 0.000000278. The lowest BCUT2D eigenvalue weighted by atomic mass is 10.4. The molecule has 10 aliphatic heterocycles. The second kappa shape index (κ2) is 36.7. The molecule has 292 valence electrons.